The van der Waals surface area contributed by atoms with Crippen molar-refractivity contribution >= 4 is 17.2 Å². The van der Waals surface area contributed by atoms with E-state index in [0.717, 1.165) is 23.5 Å². The molecule has 1 amide bonds. The SMILES string of the molecule is COc1ccc(CN2CCN(C(=O)c3cccs3)CC2)c(O)c1. The molecular weight excluding hydrogens is 312 g/mol. The molecule has 5 nitrogen and oxygen atoms in total. The molecule has 1 aliphatic heterocycles. The predicted molar refractivity (Wildman–Crippen MR) is 90.2 cm³/mol. The van der Waals surface area contributed by atoms with E-state index < -0.39 is 0 Å². The molecule has 1 aromatic heterocycles. The number of hydrogen-bond donors (Lipinski definition) is 1. The highest BCUT2D eigenvalue weighted by atomic mass is 32.1. The Kier molecular flexibility index (Phi) is 4.83. The van der Waals surface area contributed by atoms with Gasteiger partial charge in [0.25, 0.3) is 5.91 Å². The maximum absolute atomic E-state index is 12.3. The Hall–Kier alpha value is -2.05. The van der Waals surface area contributed by atoms with Crippen molar-refractivity contribution in [1.82, 2.24) is 9.80 Å². The van der Waals surface area contributed by atoms with E-state index in [4.69, 9.17) is 4.74 Å². The van der Waals surface area contributed by atoms with Gasteiger partial charge in [0.2, 0.25) is 0 Å². The Bertz CT molecular complexity index is 664. The van der Waals surface area contributed by atoms with Crippen LogP contribution in [0.3, 0.4) is 0 Å². The van der Waals surface area contributed by atoms with Crippen LogP contribution >= 0.6 is 11.3 Å². The molecule has 0 atom stereocenters. The molecule has 122 valence electrons. The summed E-state index contributed by atoms with van der Waals surface area (Å²) in [5, 5.41) is 12.0. The number of thiophene rings is 1. The first kappa shape index (κ1) is 15.8. The van der Waals surface area contributed by atoms with E-state index in [1.54, 1.807) is 13.2 Å². The van der Waals surface area contributed by atoms with Crippen LogP contribution in [0.5, 0.6) is 11.5 Å². The van der Waals surface area contributed by atoms with Crippen LogP contribution in [0.15, 0.2) is 35.7 Å². The van der Waals surface area contributed by atoms with Gasteiger partial charge in [-0.3, -0.25) is 9.69 Å². The monoisotopic (exact) mass is 332 g/mol. The van der Waals surface area contributed by atoms with Gasteiger partial charge in [-0.15, -0.1) is 11.3 Å². The fourth-order valence-electron chi connectivity index (χ4n) is 2.71. The smallest absolute Gasteiger partial charge is 0.264 e. The molecule has 1 fully saturated rings. The summed E-state index contributed by atoms with van der Waals surface area (Å²) in [5.74, 6) is 1.02. The van der Waals surface area contributed by atoms with Crippen LogP contribution in [0, 0.1) is 0 Å². The minimum atomic E-state index is 0.118. The first-order valence-electron chi connectivity index (χ1n) is 7.58. The number of aromatic hydroxyl groups is 1. The summed E-state index contributed by atoms with van der Waals surface area (Å²) >= 11 is 1.48. The number of hydrogen-bond acceptors (Lipinski definition) is 5. The fourth-order valence-corrected chi connectivity index (χ4v) is 3.40. The summed E-state index contributed by atoms with van der Waals surface area (Å²) in [7, 11) is 1.58. The van der Waals surface area contributed by atoms with Crippen molar-refractivity contribution in [2.24, 2.45) is 0 Å². The largest absolute Gasteiger partial charge is 0.507 e. The quantitative estimate of drug-likeness (QED) is 0.934. The first-order chi connectivity index (χ1) is 11.2. The molecule has 1 aliphatic rings. The van der Waals surface area contributed by atoms with Gasteiger partial charge >= 0.3 is 0 Å². The molecule has 0 spiro atoms. The van der Waals surface area contributed by atoms with Gasteiger partial charge in [-0.25, -0.2) is 0 Å². The number of phenolic OH excluding ortho intramolecular Hbond substituents is 1. The lowest BCUT2D eigenvalue weighted by molar-refractivity contribution is 0.0632. The van der Waals surface area contributed by atoms with Crippen LogP contribution in [-0.2, 0) is 6.54 Å². The lowest BCUT2D eigenvalue weighted by Gasteiger charge is -2.34. The standard InChI is InChI=1S/C17H20N2O3S/c1-22-14-5-4-13(15(20)11-14)12-18-6-8-19(9-7-18)17(21)16-3-2-10-23-16/h2-5,10-11,20H,6-9,12H2,1H3. The van der Waals surface area contributed by atoms with E-state index in [2.05, 4.69) is 4.90 Å². The summed E-state index contributed by atoms with van der Waals surface area (Å²) in [4.78, 5) is 17.3. The van der Waals surface area contributed by atoms with Crippen LogP contribution in [0.2, 0.25) is 0 Å². The van der Waals surface area contributed by atoms with Gasteiger partial charge in [-0.1, -0.05) is 12.1 Å². The Morgan fingerprint density at radius 3 is 2.65 bits per heavy atom. The van der Waals surface area contributed by atoms with Crippen LogP contribution < -0.4 is 4.74 Å². The maximum Gasteiger partial charge on any atom is 0.264 e. The number of carbonyl (C=O) groups excluding carboxylic acids is 1. The number of carbonyl (C=O) groups is 1. The topological polar surface area (TPSA) is 53.0 Å². The van der Waals surface area contributed by atoms with Crippen molar-refractivity contribution in [2.75, 3.05) is 33.3 Å². The predicted octanol–water partition coefficient (Wildman–Crippen LogP) is 2.42. The van der Waals surface area contributed by atoms with Crippen LogP contribution in [0.4, 0.5) is 0 Å². The van der Waals surface area contributed by atoms with Crippen molar-refractivity contribution in [1.29, 1.82) is 0 Å². The third-order valence-electron chi connectivity index (χ3n) is 4.08. The lowest BCUT2D eigenvalue weighted by Crippen LogP contribution is -2.48. The first-order valence-corrected chi connectivity index (χ1v) is 8.46. The van der Waals surface area contributed by atoms with Crippen LogP contribution in [-0.4, -0.2) is 54.1 Å². The zero-order chi connectivity index (χ0) is 16.2. The molecule has 0 bridgehead atoms. The van der Waals surface area contributed by atoms with Crippen molar-refractivity contribution in [3.8, 4) is 11.5 Å². The number of benzene rings is 1. The minimum absolute atomic E-state index is 0.118. The molecule has 23 heavy (non-hydrogen) atoms. The van der Waals surface area contributed by atoms with E-state index in [0.29, 0.717) is 25.4 Å². The third kappa shape index (κ3) is 3.65. The molecule has 0 unspecified atom stereocenters. The second kappa shape index (κ2) is 7.02. The molecule has 1 N–H and O–H groups in total. The molecule has 2 heterocycles. The number of amides is 1. The van der Waals surface area contributed by atoms with E-state index >= 15 is 0 Å². The van der Waals surface area contributed by atoms with E-state index in [1.165, 1.54) is 11.3 Å². The molecule has 6 heteroatoms. The summed E-state index contributed by atoms with van der Waals surface area (Å²) in [6.07, 6.45) is 0. The Balaban J connectivity index is 1.56. The van der Waals surface area contributed by atoms with Gasteiger partial charge in [-0.05, 0) is 17.5 Å². The second-order valence-corrected chi connectivity index (χ2v) is 6.49. The number of ether oxygens (including phenoxy) is 1. The van der Waals surface area contributed by atoms with Crippen molar-refractivity contribution < 1.29 is 14.6 Å². The molecule has 0 aliphatic carbocycles. The number of phenols is 1. The number of piperazine rings is 1. The highest BCUT2D eigenvalue weighted by Gasteiger charge is 2.23. The Labute approximate surface area is 139 Å². The van der Waals surface area contributed by atoms with E-state index in [-0.39, 0.29) is 11.7 Å². The van der Waals surface area contributed by atoms with Crippen molar-refractivity contribution in [3.05, 3.63) is 46.2 Å². The molecule has 2 aromatic rings. The van der Waals surface area contributed by atoms with E-state index in [1.807, 2.05) is 34.5 Å². The second-order valence-electron chi connectivity index (χ2n) is 5.54. The Morgan fingerprint density at radius 1 is 1.26 bits per heavy atom. The highest BCUT2D eigenvalue weighted by Crippen LogP contribution is 2.25. The maximum atomic E-state index is 12.3. The van der Waals surface area contributed by atoms with Gasteiger partial charge in [0.15, 0.2) is 0 Å². The number of rotatable bonds is 4. The number of methoxy groups -OCH3 is 1. The van der Waals surface area contributed by atoms with E-state index in [9.17, 15) is 9.90 Å². The number of nitrogens with zero attached hydrogens (tertiary/aromatic N) is 2. The molecule has 1 aromatic carbocycles. The molecule has 1 saturated heterocycles. The average Bonchev–Trinajstić information content (AvgIpc) is 3.11. The van der Waals surface area contributed by atoms with Crippen LogP contribution in [0.25, 0.3) is 0 Å². The van der Waals surface area contributed by atoms with Crippen LogP contribution in [0.1, 0.15) is 15.2 Å². The molecular formula is C17H20N2O3S. The average molecular weight is 332 g/mol. The van der Waals surface area contributed by atoms with Gasteiger partial charge < -0.3 is 14.7 Å². The molecule has 0 radical (unpaired) electrons. The summed E-state index contributed by atoms with van der Waals surface area (Å²) in [6, 6.07) is 9.14. The van der Waals surface area contributed by atoms with Crippen molar-refractivity contribution in [2.45, 2.75) is 6.54 Å². The summed E-state index contributed by atoms with van der Waals surface area (Å²) in [5.41, 5.74) is 0.879. The van der Waals surface area contributed by atoms with Gasteiger partial charge in [0, 0.05) is 44.4 Å². The van der Waals surface area contributed by atoms with Crippen molar-refractivity contribution in [3.63, 3.8) is 0 Å². The summed E-state index contributed by atoms with van der Waals surface area (Å²) < 4.78 is 5.10. The lowest BCUT2D eigenvalue weighted by atomic mass is 10.1. The zero-order valence-corrected chi connectivity index (χ0v) is 13.9. The summed E-state index contributed by atoms with van der Waals surface area (Å²) in [6.45, 7) is 3.73. The van der Waals surface area contributed by atoms with Gasteiger partial charge in [0.1, 0.15) is 11.5 Å². The molecule has 3 rings (SSSR count). The highest BCUT2D eigenvalue weighted by molar-refractivity contribution is 7.12. The zero-order valence-electron chi connectivity index (χ0n) is 13.1. The van der Waals surface area contributed by atoms with Gasteiger partial charge in [-0.2, -0.15) is 0 Å². The normalized spacial score (nSPS) is 15.6. The minimum Gasteiger partial charge on any atom is -0.507 e. The fraction of sp³-hybridized carbons (Fsp3) is 0.353. The third-order valence-corrected chi connectivity index (χ3v) is 4.94. The molecule has 0 saturated carbocycles. The Morgan fingerprint density at radius 2 is 2.04 bits per heavy atom. The van der Waals surface area contributed by atoms with Gasteiger partial charge in [0.05, 0.1) is 12.0 Å².